The van der Waals surface area contributed by atoms with E-state index in [2.05, 4.69) is 16.0 Å². The lowest BCUT2D eigenvalue weighted by Crippen LogP contribution is -2.56. The van der Waals surface area contributed by atoms with Crippen LogP contribution in [0, 0.1) is 5.92 Å². The summed E-state index contributed by atoms with van der Waals surface area (Å²) < 4.78 is 8.42. The molecule has 36 heavy (non-hydrogen) atoms. The lowest BCUT2D eigenvalue weighted by atomic mass is 9.83. The van der Waals surface area contributed by atoms with E-state index in [0.717, 1.165) is 32.1 Å². The Hall–Kier alpha value is -1.49. The number of carbonyl (C=O) groups is 4. The molecule has 0 saturated heterocycles. The van der Waals surface area contributed by atoms with E-state index in [1.807, 2.05) is 0 Å². The van der Waals surface area contributed by atoms with Crippen LogP contribution < -0.4 is 21.7 Å². The minimum atomic E-state index is -1.72. The average Bonchev–Trinajstić information content (AvgIpc) is 2.77. The van der Waals surface area contributed by atoms with Crippen molar-refractivity contribution in [1.82, 2.24) is 16.0 Å². The Morgan fingerprint density at radius 1 is 1.00 bits per heavy atom. The smallest absolute Gasteiger partial charge is 0.408 e. The van der Waals surface area contributed by atoms with Crippen LogP contribution in [0.5, 0.6) is 0 Å². The van der Waals surface area contributed by atoms with E-state index in [-0.39, 0.29) is 18.9 Å². The van der Waals surface area contributed by atoms with Crippen LogP contribution in [0.4, 0.5) is 4.79 Å². The second-order valence-corrected chi connectivity index (χ2v) is 12.5. The second-order valence-electron chi connectivity index (χ2n) is 10.0. The van der Waals surface area contributed by atoms with E-state index in [1.165, 1.54) is 0 Å². The van der Waals surface area contributed by atoms with Gasteiger partial charge in [0.25, 0.3) is 0 Å². The lowest BCUT2D eigenvalue weighted by Gasteiger charge is -2.31. The zero-order valence-electron chi connectivity index (χ0n) is 21.3. The molecule has 0 spiro atoms. The van der Waals surface area contributed by atoms with Gasteiger partial charge in [0.2, 0.25) is 15.6 Å². The number of ether oxygens (including phenoxy) is 2. The van der Waals surface area contributed by atoms with E-state index < -0.39 is 58.0 Å². The number of alkyl halides is 3. The number of hydrogen-bond acceptors (Lipinski definition) is 7. The average molecular weight is 574 g/mol. The van der Waals surface area contributed by atoms with Gasteiger partial charge in [-0.25, -0.2) is 4.79 Å². The maximum atomic E-state index is 13.0. The van der Waals surface area contributed by atoms with Crippen molar-refractivity contribution in [3.05, 3.63) is 0 Å². The van der Waals surface area contributed by atoms with Crippen LogP contribution in [0.3, 0.4) is 0 Å². The Morgan fingerprint density at radius 2 is 1.61 bits per heavy atom. The largest absolute Gasteiger partial charge is 0.460 e. The van der Waals surface area contributed by atoms with Crippen molar-refractivity contribution < 1.29 is 28.7 Å². The van der Waals surface area contributed by atoms with E-state index in [9.17, 15) is 19.2 Å². The number of rotatable bonds is 11. The highest BCUT2D eigenvalue weighted by molar-refractivity contribution is 6.67. The van der Waals surface area contributed by atoms with E-state index in [0.29, 0.717) is 6.42 Å². The van der Waals surface area contributed by atoms with Crippen LogP contribution in [0.15, 0.2) is 0 Å². The summed E-state index contributed by atoms with van der Waals surface area (Å²) >= 11 is 16.6. The highest BCUT2D eigenvalue weighted by Gasteiger charge is 2.33. The van der Waals surface area contributed by atoms with Crippen LogP contribution in [0.25, 0.3) is 0 Å². The topological polar surface area (TPSA) is 149 Å². The third-order valence-electron chi connectivity index (χ3n) is 5.50. The number of alkyl carbamates (subject to hydrolysis) is 1. The number of hydrogen-bond donors (Lipinski definition) is 4. The van der Waals surface area contributed by atoms with E-state index in [1.54, 1.807) is 27.7 Å². The SMILES string of the molecule is CC(NC(=O)C(NC(=O)OC(C)(C)C)C1CCCCC1)C(=O)NCCCC(N)C(=O)OCC(Cl)(Cl)Cl. The molecule has 1 aliphatic carbocycles. The Labute approximate surface area is 228 Å². The van der Waals surface area contributed by atoms with Gasteiger partial charge in [-0.05, 0) is 59.3 Å². The molecule has 208 valence electrons. The predicted octanol–water partition coefficient (Wildman–Crippen LogP) is 3.10. The summed E-state index contributed by atoms with van der Waals surface area (Å²) in [7, 11) is 0. The molecule has 10 nitrogen and oxygen atoms in total. The summed E-state index contributed by atoms with van der Waals surface area (Å²) in [5.74, 6) is -1.59. The molecule has 0 bridgehead atoms. The van der Waals surface area contributed by atoms with Gasteiger partial charge < -0.3 is 31.2 Å². The normalized spacial score (nSPS) is 17.3. The number of carbonyl (C=O) groups excluding carboxylic acids is 4. The Balaban J connectivity index is 2.53. The molecule has 1 aliphatic rings. The van der Waals surface area contributed by atoms with Crippen molar-refractivity contribution in [2.24, 2.45) is 11.7 Å². The van der Waals surface area contributed by atoms with Crippen molar-refractivity contribution in [1.29, 1.82) is 0 Å². The quantitative estimate of drug-likeness (QED) is 0.169. The van der Waals surface area contributed by atoms with Crippen molar-refractivity contribution in [2.75, 3.05) is 13.2 Å². The van der Waals surface area contributed by atoms with Gasteiger partial charge in [0, 0.05) is 6.54 Å². The molecule has 0 radical (unpaired) electrons. The summed E-state index contributed by atoms with van der Waals surface area (Å²) in [5, 5.41) is 8.07. The van der Waals surface area contributed by atoms with Crippen LogP contribution in [0.2, 0.25) is 0 Å². The fourth-order valence-electron chi connectivity index (χ4n) is 3.73. The minimum absolute atomic E-state index is 0.0377. The molecule has 3 amide bonds. The molecule has 0 heterocycles. The van der Waals surface area contributed by atoms with E-state index >= 15 is 0 Å². The molecule has 3 unspecified atom stereocenters. The standard InChI is InChI=1S/C23H39Cl3N4O6/c1-14(18(31)28-12-8-11-16(27)20(33)35-13-23(24,25)26)29-19(32)17(15-9-6-5-7-10-15)30-21(34)36-22(2,3)4/h14-17H,5-13,27H2,1-4H3,(H,28,31)(H,29,32)(H,30,34). The van der Waals surface area contributed by atoms with Gasteiger partial charge in [-0.15, -0.1) is 0 Å². The zero-order chi connectivity index (χ0) is 27.5. The minimum Gasteiger partial charge on any atom is -0.460 e. The summed E-state index contributed by atoms with van der Waals surface area (Å²) in [6, 6.07) is -2.57. The van der Waals surface area contributed by atoms with Crippen molar-refractivity contribution >= 4 is 58.7 Å². The van der Waals surface area contributed by atoms with Gasteiger partial charge in [0.15, 0.2) is 0 Å². The first-order chi connectivity index (χ1) is 16.6. The molecule has 0 aromatic carbocycles. The van der Waals surface area contributed by atoms with Gasteiger partial charge in [-0.1, -0.05) is 54.1 Å². The van der Waals surface area contributed by atoms with Crippen LogP contribution >= 0.6 is 34.8 Å². The lowest BCUT2D eigenvalue weighted by molar-refractivity contribution is -0.145. The van der Waals surface area contributed by atoms with Gasteiger partial charge in [-0.3, -0.25) is 14.4 Å². The molecule has 0 aromatic rings. The van der Waals surface area contributed by atoms with E-state index in [4.69, 9.17) is 50.0 Å². The Bertz CT molecular complexity index is 751. The van der Waals surface area contributed by atoms with Gasteiger partial charge in [0.1, 0.15) is 30.3 Å². The number of amides is 3. The molecule has 3 atom stereocenters. The highest BCUT2D eigenvalue weighted by Crippen LogP contribution is 2.27. The Morgan fingerprint density at radius 3 is 2.17 bits per heavy atom. The van der Waals surface area contributed by atoms with Crippen LogP contribution in [0.1, 0.15) is 72.6 Å². The number of nitrogens with one attached hydrogen (secondary N) is 3. The Kier molecular flexibility index (Phi) is 13.6. The molecule has 1 rings (SSSR count). The van der Waals surface area contributed by atoms with Gasteiger partial charge >= 0.3 is 12.1 Å². The van der Waals surface area contributed by atoms with Crippen LogP contribution in [-0.4, -0.2) is 64.5 Å². The molecule has 13 heteroatoms. The van der Waals surface area contributed by atoms with Gasteiger partial charge in [0.05, 0.1) is 0 Å². The fourth-order valence-corrected chi connectivity index (χ4v) is 3.90. The fraction of sp³-hybridized carbons (Fsp3) is 0.826. The highest BCUT2D eigenvalue weighted by atomic mass is 35.6. The first-order valence-corrected chi connectivity index (χ1v) is 13.3. The van der Waals surface area contributed by atoms with Crippen molar-refractivity contribution in [3.8, 4) is 0 Å². The number of esters is 1. The summed E-state index contributed by atoms with van der Waals surface area (Å²) in [6.45, 7) is 6.60. The summed E-state index contributed by atoms with van der Waals surface area (Å²) in [4.78, 5) is 49.6. The number of nitrogens with two attached hydrogens (primary N) is 1. The molecule has 0 aliphatic heterocycles. The summed E-state index contributed by atoms with van der Waals surface area (Å²) in [6.07, 6.45) is 4.60. The molecular formula is C23H39Cl3N4O6. The van der Waals surface area contributed by atoms with Gasteiger partial charge in [-0.2, -0.15) is 0 Å². The second kappa shape index (κ2) is 15.1. The predicted molar refractivity (Wildman–Crippen MR) is 139 cm³/mol. The van der Waals surface area contributed by atoms with Crippen molar-refractivity contribution in [2.45, 2.75) is 100 Å². The summed E-state index contributed by atoms with van der Waals surface area (Å²) in [5.41, 5.74) is 5.05. The van der Waals surface area contributed by atoms with Crippen LogP contribution in [-0.2, 0) is 23.9 Å². The molecular weight excluding hydrogens is 535 g/mol. The zero-order valence-corrected chi connectivity index (χ0v) is 23.6. The molecule has 1 fully saturated rings. The maximum absolute atomic E-state index is 13.0. The molecule has 5 N–H and O–H groups in total. The third-order valence-corrected chi connectivity index (χ3v) is 5.83. The maximum Gasteiger partial charge on any atom is 0.408 e. The molecule has 0 aromatic heterocycles. The van der Waals surface area contributed by atoms with Crippen molar-refractivity contribution in [3.63, 3.8) is 0 Å². The first kappa shape index (κ1) is 32.5. The third kappa shape index (κ3) is 13.7. The first-order valence-electron chi connectivity index (χ1n) is 12.2. The monoisotopic (exact) mass is 572 g/mol. The number of halogens is 3. The molecule has 1 saturated carbocycles.